The molecule has 23 heavy (non-hydrogen) atoms. The molecule has 1 aliphatic heterocycles. The predicted octanol–water partition coefficient (Wildman–Crippen LogP) is 4.29. The van der Waals surface area contributed by atoms with Crippen molar-refractivity contribution >= 4 is 5.57 Å². The highest BCUT2D eigenvalue weighted by Gasteiger charge is 2.14. The molecule has 0 amide bonds. The van der Waals surface area contributed by atoms with Crippen molar-refractivity contribution in [3.63, 3.8) is 0 Å². The van der Waals surface area contributed by atoms with Crippen molar-refractivity contribution in [3.8, 4) is 0 Å². The summed E-state index contributed by atoms with van der Waals surface area (Å²) >= 11 is 0. The normalized spacial score (nSPS) is 18.4. The molecule has 2 aromatic carbocycles. The maximum atomic E-state index is 2.47. The van der Waals surface area contributed by atoms with Crippen LogP contribution in [-0.4, -0.2) is 25.0 Å². The van der Waals surface area contributed by atoms with Crippen LogP contribution in [-0.2, 0) is 25.7 Å². The van der Waals surface area contributed by atoms with Crippen LogP contribution in [0, 0.1) is 0 Å². The molecule has 0 unspecified atom stereocenters. The summed E-state index contributed by atoms with van der Waals surface area (Å²) in [5.41, 5.74) is 9.00. The van der Waals surface area contributed by atoms with Gasteiger partial charge in [0.1, 0.15) is 0 Å². The lowest BCUT2D eigenvalue weighted by Crippen LogP contribution is -2.24. The van der Waals surface area contributed by atoms with E-state index in [2.05, 4.69) is 60.5 Å². The van der Waals surface area contributed by atoms with Gasteiger partial charge in [-0.15, -0.1) is 0 Å². The Hall–Kier alpha value is -1.86. The number of rotatable bonds is 1. The summed E-state index contributed by atoms with van der Waals surface area (Å²) in [7, 11) is 2.21. The second-order valence-corrected chi connectivity index (χ2v) is 7.05. The third-order valence-electron chi connectivity index (χ3n) is 5.34. The first-order chi connectivity index (χ1) is 11.3. The number of aryl methyl sites for hydroxylation is 4. The fourth-order valence-corrected chi connectivity index (χ4v) is 3.75. The first-order valence-corrected chi connectivity index (χ1v) is 8.85. The summed E-state index contributed by atoms with van der Waals surface area (Å²) < 4.78 is 0. The van der Waals surface area contributed by atoms with Crippen LogP contribution in [0.2, 0.25) is 0 Å². The topological polar surface area (TPSA) is 3.24 Å². The van der Waals surface area contributed by atoms with Crippen LogP contribution in [0.1, 0.15) is 34.2 Å². The zero-order valence-electron chi connectivity index (χ0n) is 14.0. The maximum absolute atomic E-state index is 2.47. The molecule has 7 rings (SSSR count). The van der Waals surface area contributed by atoms with Gasteiger partial charge in [0, 0.05) is 13.1 Å². The Balaban J connectivity index is 1.71. The van der Waals surface area contributed by atoms with Gasteiger partial charge >= 0.3 is 0 Å². The van der Waals surface area contributed by atoms with E-state index in [4.69, 9.17) is 0 Å². The van der Waals surface area contributed by atoms with E-state index in [1.54, 1.807) is 5.57 Å². The minimum Gasteiger partial charge on any atom is -0.302 e. The fraction of sp³-hybridized carbons (Fsp3) is 0.364. The summed E-state index contributed by atoms with van der Waals surface area (Å²) in [4.78, 5) is 2.40. The number of nitrogens with zero attached hydrogens (tertiary/aromatic N) is 1. The molecule has 118 valence electrons. The largest absolute Gasteiger partial charge is 0.302 e. The van der Waals surface area contributed by atoms with Gasteiger partial charge in [0.15, 0.2) is 0 Å². The van der Waals surface area contributed by atoms with E-state index >= 15 is 0 Å². The first kappa shape index (κ1) is 14.7. The smallest absolute Gasteiger partial charge is 0.0166 e. The van der Waals surface area contributed by atoms with Crippen LogP contribution in [0.15, 0.2) is 48.5 Å². The summed E-state index contributed by atoms with van der Waals surface area (Å²) in [6, 6.07) is 16.5. The standard InChI is InChI=1S/C22H25N/c1-23-14-12-21(13-15-23)22-16-19-7-6-17-2-4-18(5-3-17)8-10-20(22)11-9-19/h2-5,9,11-12,16H,6-8,10,13-15H2,1H3. The summed E-state index contributed by atoms with van der Waals surface area (Å²) in [6.07, 6.45) is 8.18. The molecular formula is C22H25N. The van der Waals surface area contributed by atoms with Gasteiger partial charge in [0.25, 0.3) is 0 Å². The van der Waals surface area contributed by atoms with E-state index in [-0.39, 0.29) is 0 Å². The van der Waals surface area contributed by atoms with Crippen molar-refractivity contribution < 1.29 is 0 Å². The second-order valence-electron chi connectivity index (χ2n) is 7.05. The SMILES string of the molecule is CN1CC=C(c2cc3ccc2CCc2ccc(cc2)CC3)CC1. The molecule has 4 bridgehead atoms. The van der Waals surface area contributed by atoms with Crippen molar-refractivity contribution in [3.05, 3.63) is 76.4 Å². The Bertz CT molecular complexity index is 724. The van der Waals surface area contributed by atoms with Gasteiger partial charge < -0.3 is 4.90 Å². The third kappa shape index (κ3) is 3.25. The van der Waals surface area contributed by atoms with Crippen LogP contribution in [0.5, 0.6) is 0 Å². The highest BCUT2D eigenvalue weighted by atomic mass is 15.1. The highest BCUT2D eigenvalue weighted by Crippen LogP contribution is 2.28. The van der Waals surface area contributed by atoms with E-state index in [1.807, 2.05) is 0 Å². The molecule has 0 saturated heterocycles. The van der Waals surface area contributed by atoms with E-state index in [9.17, 15) is 0 Å². The Labute approximate surface area is 139 Å². The van der Waals surface area contributed by atoms with Crippen molar-refractivity contribution in [1.29, 1.82) is 0 Å². The first-order valence-electron chi connectivity index (χ1n) is 8.85. The van der Waals surface area contributed by atoms with Gasteiger partial charge in [-0.1, -0.05) is 48.5 Å². The molecule has 1 heterocycles. The lowest BCUT2D eigenvalue weighted by Gasteiger charge is -2.24. The van der Waals surface area contributed by atoms with Crippen molar-refractivity contribution in [2.24, 2.45) is 0 Å². The number of likely N-dealkylation sites (N-methyl/N-ethyl adjacent to an activating group) is 1. The van der Waals surface area contributed by atoms with Gasteiger partial charge in [-0.05, 0) is 72.5 Å². The Morgan fingerprint density at radius 3 is 2.09 bits per heavy atom. The molecule has 0 spiro atoms. The molecule has 0 saturated carbocycles. The molecule has 0 radical (unpaired) electrons. The van der Waals surface area contributed by atoms with E-state index < -0.39 is 0 Å². The average molecular weight is 303 g/mol. The van der Waals surface area contributed by atoms with Crippen molar-refractivity contribution in [2.75, 3.05) is 20.1 Å². The zero-order chi connectivity index (χ0) is 15.6. The Morgan fingerprint density at radius 2 is 1.39 bits per heavy atom. The molecule has 2 aromatic rings. The molecule has 0 atom stereocenters. The lowest BCUT2D eigenvalue weighted by atomic mass is 9.88. The van der Waals surface area contributed by atoms with Crippen LogP contribution in [0.4, 0.5) is 0 Å². The molecule has 0 aromatic heterocycles. The summed E-state index contributed by atoms with van der Waals surface area (Å²) in [5, 5.41) is 0. The van der Waals surface area contributed by atoms with E-state index in [0.717, 1.165) is 32.2 Å². The van der Waals surface area contributed by atoms with Crippen LogP contribution in [0.25, 0.3) is 5.57 Å². The minimum atomic E-state index is 1.08. The highest BCUT2D eigenvalue weighted by molar-refractivity contribution is 5.70. The van der Waals surface area contributed by atoms with E-state index in [0.29, 0.717) is 0 Å². The Kier molecular flexibility index (Phi) is 4.05. The van der Waals surface area contributed by atoms with E-state index in [1.165, 1.54) is 40.8 Å². The average Bonchev–Trinajstić information content (AvgIpc) is 2.58. The molecule has 0 fully saturated rings. The molecule has 4 aliphatic carbocycles. The fourth-order valence-electron chi connectivity index (χ4n) is 3.75. The molecule has 1 nitrogen and oxygen atoms in total. The third-order valence-corrected chi connectivity index (χ3v) is 5.34. The number of hydrogen-bond donors (Lipinski definition) is 0. The summed E-state index contributed by atoms with van der Waals surface area (Å²) in [5.74, 6) is 0. The van der Waals surface area contributed by atoms with Gasteiger partial charge in [-0.25, -0.2) is 0 Å². The molecule has 0 N–H and O–H groups in total. The Morgan fingerprint density at radius 1 is 0.739 bits per heavy atom. The molecular weight excluding hydrogens is 278 g/mol. The molecule has 1 heteroatoms. The molecule has 5 aliphatic rings. The minimum absolute atomic E-state index is 1.08. The van der Waals surface area contributed by atoms with Crippen molar-refractivity contribution in [2.45, 2.75) is 32.1 Å². The summed E-state index contributed by atoms with van der Waals surface area (Å²) in [6.45, 7) is 2.26. The number of benzene rings is 2. The second kappa shape index (κ2) is 6.33. The monoisotopic (exact) mass is 303 g/mol. The van der Waals surface area contributed by atoms with Crippen molar-refractivity contribution in [1.82, 2.24) is 4.90 Å². The number of hydrogen-bond acceptors (Lipinski definition) is 1. The van der Waals surface area contributed by atoms with Gasteiger partial charge in [-0.3, -0.25) is 0 Å². The predicted molar refractivity (Wildman–Crippen MR) is 97.8 cm³/mol. The van der Waals surface area contributed by atoms with Crippen LogP contribution < -0.4 is 0 Å². The van der Waals surface area contributed by atoms with Gasteiger partial charge in [-0.2, -0.15) is 0 Å². The van der Waals surface area contributed by atoms with Crippen LogP contribution in [0.3, 0.4) is 0 Å². The van der Waals surface area contributed by atoms with Gasteiger partial charge in [0.2, 0.25) is 0 Å². The quantitative estimate of drug-likeness (QED) is 0.759. The van der Waals surface area contributed by atoms with Crippen LogP contribution >= 0.6 is 0 Å². The zero-order valence-corrected chi connectivity index (χ0v) is 14.0. The maximum Gasteiger partial charge on any atom is 0.0166 e. The lowest BCUT2D eigenvalue weighted by molar-refractivity contribution is 0.370. The van der Waals surface area contributed by atoms with Gasteiger partial charge in [0.05, 0.1) is 0 Å².